The van der Waals surface area contributed by atoms with E-state index in [0.717, 1.165) is 27.8 Å². The molecule has 1 unspecified atom stereocenters. The zero-order valence-corrected chi connectivity index (χ0v) is 17.7. The highest BCUT2D eigenvalue weighted by atomic mass is 35.5. The Balaban J connectivity index is 2.39. The summed E-state index contributed by atoms with van der Waals surface area (Å²) in [6, 6.07) is 9.26. The highest BCUT2D eigenvalue weighted by molar-refractivity contribution is 7.89. The number of ether oxygens (including phenoxy) is 1. The molecule has 0 heterocycles. The molecule has 2 aromatic carbocycles. The maximum absolute atomic E-state index is 13.0. The van der Waals surface area contributed by atoms with E-state index in [1.807, 2.05) is 52.8 Å². The van der Waals surface area contributed by atoms with Crippen molar-refractivity contribution in [2.75, 3.05) is 13.7 Å². The zero-order chi connectivity index (χ0) is 19.7. The van der Waals surface area contributed by atoms with E-state index in [2.05, 4.69) is 4.72 Å². The van der Waals surface area contributed by atoms with Crippen molar-refractivity contribution in [1.29, 1.82) is 0 Å². The molecule has 0 radical (unpaired) electrons. The molecule has 0 aromatic heterocycles. The molecule has 1 N–H and O–H groups in total. The number of methoxy groups -OCH3 is 1. The molecular weight excluding hydrogens is 370 g/mol. The minimum atomic E-state index is -3.69. The number of hydrogen-bond donors (Lipinski definition) is 1. The van der Waals surface area contributed by atoms with Crippen molar-refractivity contribution in [3.05, 3.63) is 63.2 Å². The first-order chi connectivity index (χ1) is 12.0. The molecule has 4 nitrogen and oxygen atoms in total. The first kappa shape index (κ1) is 20.9. The summed E-state index contributed by atoms with van der Waals surface area (Å²) in [5.74, 6) is 0. The molecule has 1 atom stereocenters. The Hall–Kier alpha value is -1.40. The van der Waals surface area contributed by atoms with E-state index in [-0.39, 0.29) is 6.54 Å². The van der Waals surface area contributed by atoms with E-state index in [1.165, 1.54) is 0 Å². The fourth-order valence-corrected chi connectivity index (χ4v) is 4.93. The van der Waals surface area contributed by atoms with Gasteiger partial charge in [0.25, 0.3) is 0 Å². The van der Waals surface area contributed by atoms with Gasteiger partial charge in [0.2, 0.25) is 10.0 Å². The van der Waals surface area contributed by atoms with Crippen molar-refractivity contribution < 1.29 is 13.2 Å². The van der Waals surface area contributed by atoms with Crippen molar-refractivity contribution >= 4 is 21.6 Å². The van der Waals surface area contributed by atoms with Gasteiger partial charge in [-0.25, -0.2) is 13.1 Å². The number of aryl methyl sites for hydroxylation is 2. The molecule has 0 saturated heterocycles. The lowest BCUT2D eigenvalue weighted by Gasteiger charge is -2.29. The van der Waals surface area contributed by atoms with Gasteiger partial charge in [-0.1, -0.05) is 29.8 Å². The Morgan fingerprint density at radius 1 is 1.08 bits per heavy atom. The van der Waals surface area contributed by atoms with Gasteiger partial charge in [-0.15, -0.1) is 0 Å². The molecule has 6 heteroatoms. The first-order valence-electron chi connectivity index (χ1n) is 8.40. The topological polar surface area (TPSA) is 55.4 Å². The van der Waals surface area contributed by atoms with Crippen LogP contribution in [-0.4, -0.2) is 22.1 Å². The number of benzene rings is 2. The normalized spacial score (nSPS) is 14.3. The molecule has 142 valence electrons. The monoisotopic (exact) mass is 395 g/mol. The predicted octanol–water partition coefficient (Wildman–Crippen LogP) is 4.41. The van der Waals surface area contributed by atoms with Crippen LogP contribution in [-0.2, 0) is 20.4 Å². The van der Waals surface area contributed by atoms with Gasteiger partial charge < -0.3 is 4.74 Å². The summed E-state index contributed by atoms with van der Waals surface area (Å²) >= 11 is 6.08. The molecule has 0 spiro atoms. The summed E-state index contributed by atoms with van der Waals surface area (Å²) in [6.45, 7) is 9.45. The second-order valence-corrected chi connectivity index (χ2v) is 9.00. The summed E-state index contributed by atoms with van der Waals surface area (Å²) in [5, 5.41) is 0.578. The van der Waals surface area contributed by atoms with E-state index < -0.39 is 15.6 Å². The number of sulfonamides is 1. The average molecular weight is 396 g/mol. The van der Waals surface area contributed by atoms with Gasteiger partial charge in [-0.2, -0.15) is 0 Å². The van der Waals surface area contributed by atoms with Crippen molar-refractivity contribution in [2.24, 2.45) is 0 Å². The van der Waals surface area contributed by atoms with Gasteiger partial charge in [0.1, 0.15) is 5.60 Å². The van der Waals surface area contributed by atoms with Crippen LogP contribution in [0.2, 0.25) is 5.02 Å². The molecular formula is C20H26ClNO3S. The third kappa shape index (κ3) is 4.12. The summed E-state index contributed by atoms with van der Waals surface area (Å²) in [7, 11) is -2.13. The Bertz CT molecular complexity index is 899. The van der Waals surface area contributed by atoms with Crippen LogP contribution < -0.4 is 4.72 Å². The van der Waals surface area contributed by atoms with E-state index in [0.29, 0.717) is 9.92 Å². The van der Waals surface area contributed by atoms with Gasteiger partial charge in [0.15, 0.2) is 0 Å². The summed E-state index contributed by atoms with van der Waals surface area (Å²) in [4.78, 5) is 0.347. The SMILES string of the molecule is COC(C)(CNS(=O)(=O)c1c(C)c(C)cc(C)c1C)c1cccc(Cl)c1. The van der Waals surface area contributed by atoms with E-state index in [1.54, 1.807) is 19.2 Å². The van der Waals surface area contributed by atoms with Crippen LogP contribution in [0.1, 0.15) is 34.7 Å². The maximum atomic E-state index is 13.0. The van der Waals surface area contributed by atoms with E-state index >= 15 is 0 Å². The quantitative estimate of drug-likeness (QED) is 0.787. The molecule has 26 heavy (non-hydrogen) atoms. The molecule has 2 rings (SSSR count). The van der Waals surface area contributed by atoms with Crippen molar-refractivity contribution in [1.82, 2.24) is 4.72 Å². The van der Waals surface area contributed by atoms with Crippen LogP contribution in [0.4, 0.5) is 0 Å². The third-order valence-electron chi connectivity index (χ3n) is 5.05. The molecule has 0 fully saturated rings. The minimum absolute atomic E-state index is 0.0953. The van der Waals surface area contributed by atoms with E-state index in [9.17, 15) is 8.42 Å². The number of nitrogens with one attached hydrogen (secondary N) is 1. The highest BCUT2D eigenvalue weighted by Gasteiger charge is 2.30. The molecule has 0 saturated carbocycles. The summed E-state index contributed by atoms with van der Waals surface area (Å²) < 4.78 is 34.5. The van der Waals surface area contributed by atoms with Gasteiger partial charge in [-0.05, 0) is 74.6 Å². The van der Waals surface area contributed by atoms with Gasteiger partial charge in [-0.3, -0.25) is 0 Å². The van der Waals surface area contributed by atoms with Crippen LogP contribution in [0.25, 0.3) is 0 Å². The lowest BCUT2D eigenvalue weighted by Crippen LogP contribution is -2.40. The van der Waals surface area contributed by atoms with Crippen LogP contribution >= 0.6 is 11.6 Å². The van der Waals surface area contributed by atoms with Crippen molar-refractivity contribution in [2.45, 2.75) is 45.1 Å². The van der Waals surface area contributed by atoms with E-state index in [4.69, 9.17) is 16.3 Å². The third-order valence-corrected chi connectivity index (χ3v) is 6.96. The largest absolute Gasteiger partial charge is 0.372 e. The lowest BCUT2D eigenvalue weighted by molar-refractivity contribution is 0.00698. The predicted molar refractivity (Wildman–Crippen MR) is 106 cm³/mol. The minimum Gasteiger partial charge on any atom is -0.372 e. The maximum Gasteiger partial charge on any atom is 0.241 e. The number of hydrogen-bond acceptors (Lipinski definition) is 3. The lowest BCUT2D eigenvalue weighted by atomic mass is 9.96. The fourth-order valence-electron chi connectivity index (χ4n) is 3.00. The van der Waals surface area contributed by atoms with Crippen LogP contribution in [0.3, 0.4) is 0 Å². The Kier molecular flexibility index (Phi) is 6.18. The van der Waals surface area contributed by atoms with Crippen LogP contribution in [0.5, 0.6) is 0 Å². The van der Waals surface area contributed by atoms with Crippen molar-refractivity contribution in [3.63, 3.8) is 0 Å². The Labute approximate surface area is 161 Å². The standard InChI is InChI=1S/C20H26ClNO3S/c1-13-10-14(2)16(4)19(15(13)3)26(23,24)22-12-20(5,25-6)17-8-7-9-18(21)11-17/h7-11,22H,12H2,1-6H3. The first-order valence-corrected chi connectivity index (χ1v) is 10.3. The van der Waals surface area contributed by atoms with Gasteiger partial charge in [0, 0.05) is 18.7 Å². The second kappa shape index (κ2) is 7.69. The summed E-state index contributed by atoms with van der Waals surface area (Å²) in [6.07, 6.45) is 0. The smallest absolute Gasteiger partial charge is 0.241 e. The number of halogens is 1. The van der Waals surface area contributed by atoms with Gasteiger partial charge >= 0.3 is 0 Å². The average Bonchev–Trinajstić information content (AvgIpc) is 2.58. The summed E-state index contributed by atoms with van der Waals surface area (Å²) in [5.41, 5.74) is 3.42. The zero-order valence-electron chi connectivity index (χ0n) is 16.1. The number of rotatable bonds is 6. The van der Waals surface area contributed by atoms with Crippen molar-refractivity contribution in [3.8, 4) is 0 Å². The fraction of sp³-hybridized carbons (Fsp3) is 0.400. The molecule has 2 aromatic rings. The Morgan fingerprint density at radius 2 is 1.65 bits per heavy atom. The molecule has 0 amide bonds. The van der Waals surface area contributed by atoms with Crippen LogP contribution in [0.15, 0.2) is 35.2 Å². The highest BCUT2D eigenvalue weighted by Crippen LogP contribution is 2.29. The Morgan fingerprint density at radius 3 is 2.15 bits per heavy atom. The second-order valence-electron chi connectivity index (χ2n) is 6.86. The molecule has 0 bridgehead atoms. The molecule has 0 aliphatic heterocycles. The van der Waals surface area contributed by atoms with Crippen LogP contribution in [0, 0.1) is 27.7 Å². The molecule has 0 aliphatic carbocycles. The molecule has 0 aliphatic rings. The van der Waals surface area contributed by atoms with Gasteiger partial charge in [0.05, 0.1) is 4.90 Å².